The van der Waals surface area contributed by atoms with Crippen molar-refractivity contribution < 1.29 is 22.7 Å². The highest BCUT2D eigenvalue weighted by Crippen LogP contribution is 2.14. The lowest BCUT2D eigenvalue weighted by atomic mass is 10.2. The van der Waals surface area contributed by atoms with Crippen molar-refractivity contribution in [1.82, 2.24) is 4.72 Å². The summed E-state index contributed by atoms with van der Waals surface area (Å²) in [6.45, 7) is 2.54. The van der Waals surface area contributed by atoms with Gasteiger partial charge in [0.05, 0.1) is 16.1 Å². The largest absolute Gasteiger partial charge is 0.452 e. The highest BCUT2D eigenvalue weighted by Gasteiger charge is 2.21. The molecule has 9 heteroatoms. The molecule has 28 heavy (non-hydrogen) atoms. The van der Waals surface area contributed by atoms with Crippen LogP contribution < -0.4 is 10.0 Å². The lowest BCUT2D eigenvalue weighted by molar-refractivity contribution is -0.151. The van der Waals surface area contributed by atoms with Crippen molar-refractivity contribution in [2.24, 2.45) is 0 Å². The minimum absolute atomic E-state index is 0.0183. The number of hydrogen-bond donors (Lipinski definition) is 2. The van der Waals surface area contributed by atoms with Crippen LogP contribution in [0.5, 0.6) is 0 Å². The summed E-state index contributed by atoms with van der Waals surface area (Å²) in [6.07, 6.45) is -1.18. The van der Waals surface area contributed by atoms with Crippen LogP contribution in [0.15, 0.2) is 53.4 Å². The van der Waals surface area contributed by atoms with Gasteiger partial charge < -0.3 is 10.1 Å². The normalized spacial score (nSPS) is 11.9. The molecule has 0 spiro atoms. The van der Waals surface area contributed by atoms with Crippen molar-refractivity contribution in [3.63, 3.8) is 0 Å². The van der Waals surface area contributed by atoms with Crippen LogP contribution in [0.2, 0.25) is 0 Å². The fourth-order valence-corrected chi connectivity index (χ4v) is 3.14. The summed E-state index contributed by atoms with van der Waals surface area (Å²) in [5, 5.41) is 11.5. The Kier molecular flexibility index (Phi) is 6.87. The molecule has 2 aromatic carbocycles. The van der Waals surface area contributed by atoms with Gasteiger partial charge in [-0.3, -0.25) is 9.59 Å². The zero-order chi connectivity index (χ0) is 20.7. The van der Waals surface area contributed by atoms with Gasteiger partial charge in [-0.15, -0.1) is 0 Å². The minimum Gasteiger partial charge on any atom is -0.452 e. The monoisotopic (exact) mass is 401 g/mol. The van der Waals surface area contributed by atoms with Crippen molar-refractivity contribution in [3.05, 3.63) is 59.7 Å². The molecule has 0 aliphatic carbocycles. The van der Waals surface area contributed by atoms with E-state index in [9.17, 15) is 18.0 Å². The van der Waals surface area contributed by atoms with Gasteiger partial charge >= 0.3 is 5.97 Å². The number of sulfonamides is 1. The number of amides is 1. The smallest absolute Gasteiger partial charge is 0.321 e. The molecule has 2 rings (SSSR count). The second kappa shape index (κ2) is 9.12. The first-order valence-corrected chi connectivity index (χ1v) is 9.77. The first-order valence-electron chi connectivity index (χ1n) is 8.29. The molecule has 1 amide bonds. The van der Waals surface area contributed by atoms with E-state index in [1.54, 1.807) is 30.3 Å². The summed E-state index contributed by atoms with van der Waals surface area (Å²) in [7, 11) is -3.87. The number of ether oxygens (including phenoxy) is 1. The van der Waals surface area contributed by atoms with Crippen LogP contribution in [0.25, 0.3) is 0 Å². The predicted octanol–water partition coefficient (Wildman–Crippen LogP) is 1.72. The summed E-state index contributed by atoms with van der Waals surface area (Å²) in [6, 6.07) is 14.4. The van der Waals surface area contributed by atoms with E-state index in [1.165, 1.54) is 25.1 Å². The van der Waals surface area contributed by atoms with Crippen molar-refractivity contribution in [1.29, 1.82) is 5.26 Å². The Morgan fingerprint density at radius 1 is 1.14 bits per heavy atom. The van der Waals surface area contributed by atoms with E-state index >= 15 is 0 Å². The Balaban J connectivity index is 1.90. The van der Waals surface area contributed by atoms with Crippen LogP contribution in [-0.2, 0) is 24.3 Å². The van der Waals surface area contributed by atoms with Gasteiger partial charge in [-0.1, -0.05) is 29.8 Å². The molecule has 2 aromatic rings. The number of rotatable bonds is 7. The molecule has 0 bridgehead atoms. The average Bonchev–Trinajstić information content (AvgIpc) is 2.67. The van der Waals surface area contributed by atoms with E-state index < -0.39 is 34.5 Å². The zero-order valence-electron chi connectivity index (χ0n) is 15.3. The van der Waals surface area contributed by atoms with E-state index in [0.717, 1.165) is 5.56 Å². The first-order chi connectivity index (χ1) is 13.2. The quantitative estimate of drug-likeness (QED) is 0.681. The Morgan fingerprint density at radius 2 is 1.79 bits per heavy atom. The third-order valence-electron chi connectivity index (χ3n) is 3.72. The van der Waals surface area contributed by atoms with E-state index in [4.69, 9.17) is 10.00 Å². The van der Waals surface area contributed by atoms with E-state index in [-0.39, 0.29) is 16.1 Å². The van der Waals surface area contributed by atoms with Crippen LogP contribution in [-0.4, -0.2) is 32.9 Å². The van der Waals surface area contributed by atoms with Gasteiger partial charge in [0.1, 0.15) is 12.6 Å². The van der Waals surface area contributed by atoms with Crippen LogP contribution in [0.1, 0.15) is 18.1 Å². The minimum atomic E-state index is -3.87. The lowest BCUT2D eigenvalue weighted by Crippen LogP contribution is -2.35. The molecule has 1 unspecified atom stereocenters. The fourth-order valence-electron chi connectivity index (χ4n) is 2.17. The van der Waals surface area contributed by atoms with Gasteiger partial charge in [0.25, 0.3) is 5.91 Å². The molecule has 146 valence electrons. The average molecular weight is 401 g/mol. The van der Waals surface area contributed by atoms with E-state index in [0.29, 0.717) is 0 Å². The number of nitrogens with zero attached hydrogens (tertiary/aromatic N) is 1. The number of nitrogens with one attached hydrogen (secondary N) is 2. The third kappa shape index (κ3) is 5.64. The molecule has 0 saturated heterocycles. The van der Waals surface area contributed by atoms with Crippen molar-refractivity contribution >= 4 is 27.6 Å². The first kappa shape index (κ1) is 21.1. The van der Waals surface area contributed by atoms with Crippen LogP contribution >= 0.6 is 0 Å². The Labute approximate surface area is 163 Å². The number of aryl methyl sites for hydroxylation is 1. The van der Waals surface area contributed by atoms with Gasteiger partial charge in [0, 0.05) is 0 Å². The van der Waals surface area contributed by atoms with Gasteiger partial charge in [0.15, 0.2) is 6.10 Å². The van der Waals surface area contributed by atoms with Crippen molar-refractivity contribution in [2.75, 3.05) is 11.9 Å². The van der Waals surface area contributed by atoms with Gasteiger partial charge in [-0.05, 0) is 38.1 Å². The van der Waals surface area contributed by atoms with E-state index in [1.807, 2.05) is 13.0 Å². The third-order valence-corrected chi connectivity index (χ3v) is 5.14. The van der Waals surface area contributed by atoms with Crippen molar-refractivity contribution in [2.45, 2.75) is 24.8 Å². The maximum absolute atomic E-state index is 12.2. The number of carbonyl (C=O) groups excluding carboxylic acids is 2. The second-order valence-electron chi connectivity index (χ2n) is 5.92. The molecule has 0 aliphatic rings. The number of benzene rings is 2. The van der Waals surface area contributed by atoms with Gasteiger partial charge in [-0.25, -0.2) is 8.42 Å². The second-order valence-corrected chi connectivity index (χ2v) is 7.68. The molecule has 0 saturated carbocycles. The maximum Gasteiger partial charge on any atom is 0.321 e. The molecule has 0 radical (unpaired) electrons. The van der Waals surface area contributed by atoms with Crippen LogP contribution in [0, 0.1) is 18.3 Å². The highest BCUT2D eigenvalue weighted by molar-refractivity contribution is 7.89. The Morgan fingerprint density at radius 3 is 2.43 bits per heavy atom. The molecule has 8 nitrogen and oxygen atoms in total. The fraction of sp³-hybridized carbons (Fsp3) is 0.211. The van der Waals surface area contributed by atoms with E-state index in [2.05, 4.69) is 10.0 Å². The van der Waals surface area contributed by atoms with Crippen LogP contribution in [0.4, 0.5) is 5.69 Å². The summed E-state index contributed by atoms with van der Waals surface area (Å²) >= 11 is 0. The molecular weight excluding hydrogens is 382 g/mol. The summed E-state index contributed by atoms with van der Waals surface area (Å²) in [5.74, 6) is -1.55. The van der Waals surface area contributed by atoms with Crippen molar-refractivity contribution in [3.8, 4) is 6.07 Å². The summed E-state index contributed by atoms with van der Waals surface area (Å²) < 4.78 is 31.4. The SMILES string of the molecule is Cc1ccc(S(=O)(=O)NCC(=O)OC(C)C(=O)Nc2ccccc2C#N)cc1. The summed E-state index contributed by atoms with van der Waals surface area (Å²) in [4.78, 5) is 24.0. The Bertz CT molecular complexity index is 1010. The lowest BCUT2D eigenvalue weighted by Gasteiger charge is -2.14. The topological polar surface area (TPSA) is 125 Å². The number of esters is 1. The number of hydrogen-bond acceptors (Lipinski definition) is 6. The number of anilines is 1. The maximum atomic E-state index is 12.2. The standard InChI is InChI=1S/C19H19N3O5S/c1-13-7-9-16(10-8-13)28(25,26)21-12-18(23)27-14(2)19(24)22-17-6-4-3-5-15(17)11-20/h3-10,14,21H,12H2,1-2H3,(H,22,24). The number of carbonyl (C=O) groups is 2. The molecule has 0 aliphatic heterocycles. The molecule has 0 heterocycles. The highest BCUT2D eigenvalue weighted by atomic mass is 32.2. The predicted molar refractivity (Wildman–Crippen MR) is 102 cm³/mol. The molecule has 0 fully saturated rings. The molecule has 2 N–H and O–H groups in total. The molecular formula is C19H19N3O5S. The number of nitriles is 1. The zero-order valence-corrected chi connectivity index (χ0v) is 16.1. The van der Waals surface area contributed by atoms with Gasteiger partial charge in [0.2, 0.25) is 10.0 Å². The number of para-hydroxylation sites is 1. The van der Waals surface area contributed by atoms with Gasteiger partial charge in [-0.2, -0.15) is 9.98 Å². The van der Waals surface area contributed by atoms with Crippen LogP contribution in [0.3, 0.4) is 0 Å². The Hall–Kier alpha value is -3.22. The summed E-state index contributed by atoms with van der Waals surface area (Å²) in [5.41, 5.74) is 1.45. The molecule has 0 aromatic heterocycles. The molecule has 1 atom stereocenters.